The highest BCUT2D eigenvalue weighted by Gasteiger charge is 2.35. The maximum atomic E-state index is 11.4. The van der Waals surface area contributed by atoms with Gasteiger partial charge in [-0.1, -0.05) is 0 Å². The van der Waals surface area contributed by atoms with E-state index in [0.717, 1.165) is 12.8 Å². The average molecular weight is 215 g/mol. The topological polar surface area (TPSA) is 58.6 Å². The molecule has 1 aliphatic rings. The van der Waals surface area contributed by atoms with Crippen LogP contribution in [0.25, 0.3) is 0 Å². The zero-order valence-corrected chi connectivity index (χ0v) is 9.58. The van der Waals surface area contributed by atoms with E-state index >= 15 is 0 Å². The monoisotopic (exact) mass is 215 g/mol. The van der Waals surface area contributed by atoms with Crippen molar-refractivity contribution >= 4 is 5.97 Å². The zero-order chi connectivity index (χ0) is 11.3. The second kappa shape index (κ2) is 5.47. The Labute approximate surface area is 91.0 Å². The molecule has 0 amide bonds. The molecule has 0 bridgehead atoms. The van der Waals surface area contributed by atoms with Gasteiger partial charge >= 0.3 is 5.97 Å². The summed E-state index contributed by atoms with van der Waals surface area (Å²) in [6.45, 7) is 2.86. The second-order valence-corrected chi connectivity index (χ2v) is 4.28. The van der Waals surface area contributed by atoms with Gasteiger partial charge in [-0.15, -0.1) is 0 Å². The molecule has 1 aliphatic carbocycles. The van der Waals surface area contributed by atoms with Gasteiger partial charge in [0.15, 0.2) is 0 Å². The highest BCUT2D eigenvalue weighted by molar-refractivity contribution is 5.72. The molecule has 1 rings (SSSR count). The molecule has 0 heterocycles. The summed E-state index contributed by atoms with van der Waals surface area (Å²) in [5.74, 6) is -0.119. The van der Waals surface area contributed by atoms with Crippen molar-refractivity contribution in [3.8, 4) is 0 Å². The fraction of sp³-hybridized carbons (Fsp3) is 0.909. The molecule has 1 saturated carbocycles. The van der Waals surface area contributed by atoms with Gasteiger partial charge in [0.2, 0.25) is 0 Å². The molecule has 0 aliphatic heterocycles. The van der Waals surface area contributed by atoms with Gasteiger partial charge in [-0.3, -0.25) is 4.79 Å². The smallest absolute Gasteiger partial charge is 0.308 e. The molecule has 0 atom stereocenters. The molecule has 0 unspecified atom stereocenters. The lowest BCUT2D eigenvalue weighted by molar-refractivity contribution is -0.151. The van der Waals surface area contributed by atoms with Crippen LogP contribution in [0.3, 0.4) is 0 Å². The molecule has 4 heteroatoms. The minimum absolute atomic E-state index is 0.0120. The van der Waals surface area contributed by atoms with Crippen LogP contribution in [-0.4, -0.2) is 36.9 Å². The van der Waals surface area contributed by atoms with E-state index in [1.54, 1.807) is 0 Å². The Morgan fingerprint density at radius 2 is 2.13 bits per heavy atom. The highest BCUT2D eigenvalue weighted by atomic mass is 16.5. The molecule has 0 spiro atoms. The van der Waals surface area contributed by atoms with Gasteiger partial charge in [0.1, 0.15) is 0 Å². The minimum Gasteiger partial charge on any atom is -0.466 e. The van der Waals surface area contributed by atoms with Gasteiger partial charge < -0.3 is 15.2 Å². The van der Waals surface area contributed by atoms with E-state index in [9.17, 15) is 9.90 Å². The summed E-state index contributed by atoms with van der Waals surface area (Å²) in [7, 11) is 1.83. The maximum Gasteiger partial charge on any atom is 0.308 e. The minimum atomic E-state index is -0.627. The molecule has 0 saturated heterocycles. The van der Waals surface area contributed by atoms with Gasteiger partial charge in [-0.25, -0.2) is 0 Å². The third-order valence-corrected chi connectivity index (χ3v) is 3.04. The number of hydrogen-bond acceptors (Lipinski definition) is 4. The quantitative estimate of drug-likeness (QED) is 0.677. The molecule has 88 valence electrons. The number of nitrogens with one attached hydrogen (secondary N) is 1. The summed E-state index contributed by atoms with van der Waals surface area (Å²) in [4.78, 5) is 11.4. The summed E-state index contributed by atoms with van der Waals surface area (Å²) in [6.07, 6.45) is 2.82. The van der Waals surface area contributed by atoms with Gasteiger partial charge in [0.25, 0.3) is 0 Å². The first-order valence-corrected chi connectivity index (χ1v) is 5.65. The lowest BCUT2D eigenvalue weighted by Gasteiger charge is -2.34. The molecule has 1 fully saturated rings. The Morgan fingerprint density at radius 1 is 1.53 bits per heavy atom. The highest BCUT2D eigenvalue weighted by Crippen LogP contribution is 2.32. The number of ether oxygens (including phenoxy) is 1. The normalized spacial score (nSPS) is 31.3. The SMILES string of the molecule is CCOC(=O)C1CCC(O)(CNC)CC1. The number of aliphatic hydroxyl groups is 1. The van der Waals surface area contributed by atoms with E-state index in [-0.39, 0.29) is 11.9 Å². The van der Waals surface area contributed by atoms with Crippen molar-refractivity contribution < 1.29 is 14.6 Å². The molecule has 0 aromatic rings. The van der Waals surface area contributed by atoms with Crippen molar-refractivity contribution in [2.75, 3.05) is 20.2 Å². The first-order valence-electron chi connectivity index (χ1n) is 5.65. The number of carbonyl (C=O) groups is 1. The molecule has 4 nitrogen and oxygen atoms in total. The molecule has 2 N–H and O–H groups in total. The van der Waals surface area contributed by atoms with Gasteiger partial charge in [-0.05, 0) is 39.7 Å². The Hall–Kier alpha value is -0.610. The largest absolute Gasteiger partial charge is 0.466 e. The first-order chi connectivity index (χ1) is 7.11. The number of likely N-dealkylation sites (N-methyl/N-ethyl adjacent to an activating group) is 1. The molecule has 0 radical (unpaired) electrons. The Morgan fingerprint density at radius 3 is 2.60 bits per heavy atom. The number of hydrogen-bond donors (Lipinski definition) is 2. The van der Waals surface area contributed by atoms with Crippen LogP contribution < -0.4 is 5.32 Å². The van der Waals surface area contributed by atoms with E-state index in [0.29, 0.717) is 26.0 Å². The standard InChI is InChI=1S/C11H21NO3/c1-3-15-10(13)9-4-6-11(14,7-5-9)8-12-2/h9,12,14H,3-8H2,1-2H3. The van der Waals surface area contributed by atoms with Gasteiger partial charge in [0.05, 0.1) is 18.1 Å². The molecule has 0 aromatic carbocycles. The lowest BCUT2D eigenvalue weighted by Crippen LogP contribution is -2.43. The molecule has 0 aromatic heterocycles. The Bertz CT molecular complexity index is 210. The average Bonchev–Trinajstić information content (AvgIpc) is 2.19. The van der Waals surface area contributed by atoms with Crippen LogP contribution in [0, 0.1) is 5.92 Å². The third-order valence-electron chi connectivity index (χ3n) is 3.04. The van der Waals surface area contributed by atoms with Crippen molar-refractivity contribution in [1.82, 2.24) is 5.32 Å². The van der Waals surface area contributed by atoms with E-state index in [4.69, 9.17) is 4.74 Å². The fourth-order valence-corrected chi connectivity index (χ4v) is 2.16. The predicted octanol–water partition coefficient (Wildman–Crippen LogP) is 0.690. The van der Waals surface area contributed by atoms with Crippen LogP contribution in [0.15, 0.2) is 0 Å². The van der Waals surface area contributed by atoms with E-state index < -0.39 is 5.60 Å². The van der Waals surface area contributed by atoms with Crippen LogP contribution in [0.1, 0.15) is 32.6 Å². The van der Waals surface area contributed by atoms with Crippen LogP contribution in [0.2, 0.25) is 0 Å². The summed E-state index contributed by atoms with van der Waals surface area (Å²) in [5.41, 5.74) is -0.627. The van der Waals surface area contributed by atoms with Gasteiger partial charge in [-0.2, -0.15) is 0 Å². The third kappa shape index (κ3) is 3.47. The molecular weight excluding hydrogens is 194 g/mol. The van der Waals surface area contributed by atoms with Crippen molar-refractivity contribution in [1.29, 1.82) is 0 Å². The van der Waals surface area contributed by atoms with Crippen molar-refractivity contribution in [2.24, 2.45) is 5.92 Å². The summed E-state index contributed by atoms with van der Waals surface area (Å²) < 4.78 is 4.97. The number of carbonyl (C=O) groups excluding carboxylic acids is 1. The second-order valence-electron chi connectivity index (χ2n) is 4.28. The lowest BCUT2D eigenvalue weighted by atomic mass is 9.79. The van der Waals surface area contributed by atoms with Gasteiger partial charge in [0, 0.05) is 6.54 Å². The van der Waals surface area contributed by atoms with Crippen molar-refractivity contribution in [3.05, 3.63) is 0 Å². The molecular formula is C11H21NO3. The van der Waals surface area contributed by atoms with Crippen molar-refractivity contribution in [2.45, 2.75) is 38.2 Å². The van der Waals surface area contributed by atoms with E-state index in [1.807, 2.05) is 14.0 Å². The van der Waals surface area contributed by atoms with Crippen LogP contribution >= 0.6 is 0 Å². The summed E-state index contributed by atoms with van der Waals surface area (Å²) in [5, 5.41) is 13.1. The summed E-state index contributed by atoms with van der Waals surface area (Å²) in [6, 6.07) is 0. The Kier molecular flexibility index (Phi) is 4.54. The Balaban J connectivity index is 2.38. The van der Waals surface area contributed by atoms with Crippen LogP contribution in [0.4, 0.5) is 0 Å². The van der Waals surface area contributed by atoms with Crippen LogP contribution in [-0.2, 0) is 9.53 Å². The maximum absolute atomic E-state index is 11.4. The van der Waals surface area contributed by atoms with Crippen molar-refractivity contribution in [3.63, 3.8) is 0 Å². The van der Waals surface area contributed by atoms with E-state index in [1.165, 1.54) is 0 Å². The summed E-state index contributed by atoms with van der Waals surface area (Å²) >= 11 is 0. The van der Waals surface area contributed by atoms with Crippen LogP contribution in [0.5, 0.6) is 0 Å². The fourth-order valence-electron chi connectivity index (χ4n) is 2.16. The number of rotatable bonds is 4. The first kappa shape index (κ1) is 12.5. The van der Waals surface area contributed by atoms with E-state index in [2.05, 4.69) is 5.32 Å². The predicted molar refractivity (Wildman–Crippen MR) is 57.5 cm³/mol. The number of esters is 1. The zero-order valence-electron chi connectivity index (χ0n) is 9.58. The molecule has 15 heavy (non-hydrogen) atoms.